The predicted molar refractivity (Wildman–Crippen MR) is 595 cm³/mol. The number of aromatic amines is 2. The van der Waals surface area contributed by atoms with Gasteiger partial charge in [-0.05, 0) is 306 Å². The zero-order valence-electron chi connectivity index (χ0n) is 93.8. The standard InChI is InChI=1S/C29H37IN2O4.C29H38N2O4.C21H32BNO6.C15H20BrNO4.C14H18BrNO4.C4H8O.CH3F.Li.H2O/c1-8-29(5,6)17-22-21-16-20(12-13-23(21)31-25(22)30)19-11-9-10-18(14-19)15-24(26(33)35-7)32-27(34)36-28(2,3)4;1-8-29(5,6)17-22-18-30-24-13-12-21(16-23(22)24)20-11-9-10-19(14-20)15-25(26(32)34-7)31-27(33)35-28(2,3)4;1-19(2,3)27-18(25)23-16(17(24)26-8)13-14-10-9-11-15(12-14)22-28-20(4,5)21(6,7)29-22;1-15(2,3)21-14(19)17-12(13(18)20-4)9-10-6-5-7-11(16)8-10;1-14(2,3)20-13(19)16-11(12(17)18)8-9-5-4-6-10(15)7-9;1-2-4-5-3-1;1-2;;/h9-14,16,24,31H,8,15,17H2,1-7H3,(H,32,34);9-14,16,18,25,30H,8,15,17H2,1-7H3,(H,31,33);9-12,16H,13H2,1-8H3,(H,23,25);5-8,12H,9H2,1-4H3,(H,17,19);4-7,11H,8H2,1-3H3,(H,16,19)(H,17,18);1-4H2;1H3;;1H2/q;;;;;;;+1;/p-1/t24-;25-;16-;12-;11-;;;;/m00000..../s1/i;;;;;;1D;;. The van der Waals surface area contributed by atoms with Crippen LogP contribution in [0.4, 0.5) is 28.4 Å². The van der Waals surface area contributed by atoms with Crippen LogP contribution in [0.2, 0.25) is 0 Å². The van der Waals surface area contributed by atoms with Gasteiger partial charge in [0, 0.05) is 82.3 Å². The summed E-state index contributed by atoms with van der Waals surface area (Å²) in [6.45, 7) is 50.0. The summed E-state index contributed by atoms with van der Waals surface area (Å²) in [4.78, 5) is 127. The van der Waals surface area contributed by atoms with E-state index in [0.717, 1.165) is 114 Å². The van der Waals surface area contributed by atoms with Gasteiger partial charge in [0.15, 0.2) is 0 Å². The van der Waals surface area contributed by atoms with Crippen LogP contribution in [0.25, 0.3) is 44.1 Å². The molecule has 2 saturated heterocycles. The number of H-pyrrole nitrogens is 2. The first-order valence-corrected chi connectivity index (χ1v) is 51.9. The van der Waals surface area contributed by atoms with Gasteiger partial charge >= 0.3 is 86.3 Å². The number of alkyl halides is 1. The average molecular weight is 2320 g/mol. The van der Waals surface area contributed by atoms with E-state index < -0.39 is 144 Å². The van der Waals surface area contributed by atoms with Gasteiger partial charge in [-0.2, -0.15) is 0 Å². The Hall–Kier alpha value is -10.6. The zero-order valence-corrected chi connectivity index (χ0v) is 98.2. The van der Waals surface area contributed by atoms with Crippen molar-refractivity contribution in [2.24, 2.45) is 10.8 Å². The molecule has 2 aliphatic rings. The minimum absolute atomic E-state index is 0. The summed E-state index contributed by atoms with van der Waals surface area (Å²) in [7, 11) is 3.69. The Kier molecular flexibility index (Phi) is 53.4. The molecule has 0 aliphatic carbocycles. The topological polar surface area (TPSA) is 423 Å². The first-order valence-electron chi connectivity index (χ1n) is 49.9. The van der Waals surface area contributed by atoms with E-state index in [1.807, 2.05) is 119 Å². The van der Waals surface area contributed by atoms with Gasteiger partial charge in [0.2, 0.25) is 0 Å². The van der Waals surface area contributed by atoms with Gasteiger partial charge in [-0.3, -0.25) is 4.39 Å². The molecule has 150 heavy (non-hydrogen) atoms. The number of amides is 5. The average Bonchev–Trinajstić information content (AvgIpc) is 1.63. The second-order valence-corrected chi connectivity index (χ2v) is 46.3. The largest absolute Gasteiger partial charge is 1.00 e. The molecule has 5 atom stereocenters. The van der Waals surface area contributed by atoms with Crippen molar-refractivity contribution in [2.45, 2.75) is 313 Å². The quantitative estimate of drug-likeness (QED) is 0.00934. The number of aromatic nitrogens is 2. The van der Waals surface area contributed by atoms with E-state index >= 15 is 0 Å². The maximum absolute atomic E-state index is 12.4. The number of carboxylic acid groups (broad SMARTS) is 1. The van der Waals surface area contributed by atoms with Crippen LogP contribution in [0.15, 0.2) is 173 Å². The number of methoxy groups -OCH3 is 4. The molecule has 5 amide bonds. The van der Waals surface area contributed by atoms with Crippen molar-refractivity contribution in [1.29, 1.82) is 0 Å². The summed E-state index contributed by atoms with van der Waals surface area (Å²) < 4.78 is 81.1. The van der Waals surface area contributed by atoms with Crippen LogP contribution >= 0.6 is 54.5 Å². The third-order valence-electron chi connectivity index (χ3n) is 23.4. The van der Waals surface area contributed by atoms with Crippen LogP contribution in [0.5, 0.6) is 0 Å². The van der Waals surface area contributed by atoms with Crippen LogP contribution in [0.3, 0.4) is 0 Å². The van der Waals surface area contributed by atoms with Crippen molar-refractivity contribution in [1.82, 2.24) is 36.6 Å². The Morgan fingerprint density at radius 2 is 0.740 bits per heavy atom. The molecule has 2 fully saturated rings. The molecule has 37 heteroatoms. The number of benzene rings is 7. The first-order chi connectivity index (χ1) is 69.2. The van der Waals surface area contributed by atoms with Crippen LogP contribution in [-0.2, 0) is 126 Å². The van der Waals surface area contributed by atoms with E-state index in [-0.39, 0.29) is 48.0 Å². The van der Waals surface area contributed by atoms with E-state index in [2.05, 4.69) is 199 Å². The van der Waals surface area contributed by atoms with Crippen molar-refractivity contribution in [3.63, 3.8) is 0 Å². The number of fused-ring (bicyclic) bond motifs is 2. The molecule has 2 aromatic heterocycles. The Morgan fingerprint density at radius 3 is 1.06 bits per heavy atom. The van der Waals surface area contributed by atoms with Crippen molar-refractivity contribution in [2.75, 3.05) is 48.8 Å². The van der Waals surface area contributed by atoms with Gasteiger partial charge in [-0.15, -0.1) is 0 Å². The number of aliphatic carboxylic acids is 1. The fourth-order valence-corrected chi connectivity index (χ4v) is 16.4. The van der Waals surface area contributed by atoms with Gasteiger partial charge < -0.3 is 104 Å². The van der Waals surface area contributed by atoms with Crippen molar-refractivity contribution < 1.29 is 140 Å². The first kappa shape index (κ1) is 132. The molecule has 9 aromatic rings. The van der Waals surface area contributed by atoms with Crippen molar-refractivity contribution >= 4 is 149 Å². The Morgan fingerprint density at radius 1 is 0.440 bits per heavy atom. The molecule has 7 aromatic carbocycles. The van der Waals surface area contributed by atoms with E-state index in [1.165, 1.54) is 66.9 Å². The molecule has 0 bridgehead atoms. The summed E-state index contributed by atoms with van der Waals surface area (Å²) in [6, 6.07) is 46.9. The van der Waals surface area contributed by atoms with Crippen LogP contribution in [-0.4, -0.2) is 206 Å². The molecule has 0 radical (unpaired) electrons. The molecule has 0 unspecified atom stereocenters. The molecule has 4 heterocycles. The third-order valence-corrected chi connectivity index (χ3v) is 25.3. The molecule has 0 saturated carbocycles. The van der Waals surface area contributed by atoms with Crippen LogP contribution < -0.4 is 50.9 Å². The normalized spacial score (nSPS) is 14.1. The van der Waals surface area contributed by atoms with E-state index in [9.17, 15) is 52.3 Å². The summed E-state index contributed by atoms with van der Waals surface area (Å²) in [5.41, 5.74) is 10.7. The number of alkyl carbamates (subject to hydrolysis) is 5. The smallest absolute Gasteiger partial charge is 0.870 e. The minimum atomic E-state index is -1.10. The van der Waals surface area contributed by atoms with Gasteiger partial charge in [-0.25, -0.2) is 47.9 Å². The SMILES string of the molecule is C1CCOC1.CC(C)(C)OC(=O)N[C@@H](Cc1cccc(Br)c1)C(=O)O.CCC(C)(C)Cc1c(I)[nH]c2ccc(-c3cccc(C[C@H](NC(=O)OC(C)(C)C)C(=O)OC)c3)cc12.CCC(C)(C)Cc1c[nH]c2ccc(-c3cccc(C[C@H](NC(=O)OC(C)(C)C)C(=O)OC)c3)cc12.COC(=O)[C@H](Cc1cccc(B2OC(C)(C)C(C)(C)O2)c1)NC(=O)OC(C)(C)C.COC(=O)[C@H](Cc1cccc(Br)c1)NC(=O)OC(C)(C)C.[2H]CF.[Li+].[OH-]. The van der Waals surface area contributed by atoms with Crippen LogP contribution in [0.1, 0.15) is 239 Å². The maximum atomic E-state index is 12.4. The number of hydrogen-bond acceptors (Lipinski definition) is 23. The minimum Gasteiger partial charge on any atom is -0.870 e. The van der Waals surface area contributed by atoms with Crippen molar-refractivity contribution in [3.05, 3.63) is 216 Å². The Balaban J connectivity index is 0.000000481. The predicted octanol–water partition coefficient (Wildman–Crippen LogP) is 20.3. The fraction of sp³-hybridized carbons (Fsp3) is 0.504. The van der Waals surface area contributed by atoms with Gasteiger partial charge in [0.05, 0.1) is 51.9 Å². The molecule has 0 spiro atoms. The number of carbonyl (C=O) groups excluding carboxylic acids is 9. The number of nitrogens with one attached hydrogen (secondary N) is 7. The zero-order chi connectivity index (χ0) is 112. The summed E-state index contributed by atoms with van der Waals surface area (Å²) >= 11 is 9.09. The Labute approximate surface area is 929 Å². The number of hydrogen-bond donors (Lipinski definition) is 8. The van der Waals surface area contributed by atoms with Crippen molar-refractivity contribution in [3.8, 4) is 22.3 Å². The molecule has 2 aliphatic heterocycles. The third kappa shape index (κ3) is 47.8. The van der Waals surface area contributed by atoms with Gasteiger partial charge in [0.1, 0.15) is 58.2 Å². The molecule has 11 rings (SSSR count). The second-order valence-electron chi connectivity index (χ2n) is 43.4. The monoisotopic (exact) mass is 2320 g/mol. The number of carboxylic acids is 1. The molecular formula is C113H157BBr2FILiN7O24. The maximum Gasteiger partial charge on any atom is 1.00 e. The number of halogens is 4. The van der Waals surface area contributed by atoms with E-state index in [1.54, 1.807) is 110 Å². The molecule has 9 N–H and O–H groups in total. The number of ether oxygens (including phenoxy) is 10. The van der Waals surface area contributed by atoms with E-state index in [0.29, 0.717) is 19.3 Å². The second kappa shape index (κ2) is 60.8. The number of esters is 4. The fourth-order valence-electron chi connectivity index (χ4n) is 14.7. The Bertz CT molecular complexity index is 5880. The van der Waals surface area contributed by atoms with Gasteiger partial charge in [0.25, 0.3) is 0 Å². The van der Waals surface area contributed by atoms with Crippen LogP contribution in [0, 0.1) is 14.5 Å². The summed E-state index contributed by atoms with van der Waals surface area (Å²) in [5, 5.41) is 24.4. The van der Waals surface area contributed by atoms with E-state index in [4.69, 9.17) is 63.2 Å². The number of carbonyl (C=O) groups is 10. The summed E-state index contributed by atoms with van der Waals surface area (Å²) in [5.74, 6) is -3.19. The molecular weight excluding hydrogens is 2160 g/mol. The molecule has 820 valence electrons. The number of rotatable bonds is 29. The summed E-state index contributed by atoms with van der Waals surface area (Å²) in [6.07, 6.45) is 6.89. The molecule has 31 nitrogen and oxygen atoms in total. The van der Waals surface area contributed by atoms with Gasteiger partial charge in [-0.1, -0.05) is 195 Å².